The molecule has 17 rings (SSSR count). The first kappa shape index (κ1) is 74.2. The van der Waals surface area contributed by atoms with Gasteiger partial charge in [-0.1, -0.05) is 32.0 Å². The van der Waals surface area contributed by atoms with Gasteiger partial charge >= 0.3 is 0 Å². The number of nitrogen functional groups attached to an aromatic ring is 3. The minimum absolute atomic E-state index is 0.0687. The Labute approximate surface area is 637 Å². The molecule has 4 fully saturated rings. The zero-order chi connectivity index (χ0) is 75.8. The van der Waals surface area contributed by atoms with Crippen LogP contribution in [0.4, 0.5) is 17.5 Å². The summed E-state index contributed by atoms with van der Waals surface area (Å²) in [5.74, 6) is 3.08. The van der Waals surface area contributed by atoms with Crippen LogP contribution < -0.4 is 31.4 Å². The number of sulfonamides is 1. The summed E-state index contributed by atoms with van der Waals surface area (Å²) in [6.45, 7) is 33.5. The lowest BCUT2D eigenvalue weighted by molar-refractivity contribution is 0.0212. The Bertz CT molecular complexity index is 5110. The second-order valence-electron chi connectivity index (χ2n) is 30.2. The molecule has 7 aliphatic rings. The van der Waals surface area contributed by atoms with Crippen molar-refractivity contribution in [1.82, 2.24) is 92.9 Å². The molecule has 0 aliphatic carbocycles. The molecule has 4 saturated heterocycles. The average molecular weight is 1490 g/mol. The van der Waals surface area contributed by atoms with Gasteiger partial charge in [0.15, 0.2) is 40.2 Å². The molecule has 7 aliphatic heterocycles. The van der Waals surface area contributed by atoms with Gasteiger partial charge in [0.25, 0.3) is 17.6 Å². The van der Waals surface area contributed by atoms with Crippen molar-refractivity contribution in [3.63, 3.8) is 0 Å². The van der Waals surface area contributed by atoms with Crippen molar-refractivity contribution in [3.8, 4) is 68.7 Å². The van der Waals surface area contributed by atoms with E-state index in [0.29, 0.717) is 52.8 Å². The monoisotopic (exact) mass is 1490 g/mol. The third-order valence-electron chi connectivity index (χ3n) is 22.5. The standard InChI is InChI=1S/C29H30N8O3S.C28H38N8O.C23H29N7O/c1-20-11-21(12-22-15-35(3)10-9-25(20)22)26-14-32-27(30)28(34-26)40-23-13-33-37(16-23)29(17-31-2)18-36(19-29)41(38,39)24-7-5-4-6-8-24;1-4-34-9-5-22(6-10-34)35-16-23(17-35)36-18-24(13-31-36)37-28-27(29)30-14-26(32-28)20-11-19(2)25-7-8-33(3)15-21(25)12-20;1-4-29-12-18(13-29)30-14-19(9-26-30)31-23-22(24)25-10-21(27-23)16-7-15(2)20-5-6-28(3)11-17(20)8-16/h4-8,11-14,16H,9-10,15,17-19H2,1,3H3,(H2,30,32);11-14,18,22-23H,4-10,15-17H2,1-3H3,(H2,29,30);7-10,14,18H,4-6,11-13H2,1-3H3,(H2,24,25). The molecule has 0 amide bonds. The average Bonchev–Trinajstić information content (AvgIpc) is 1.60. The maximum absolute atomic E-state index is 13.0. The quantitative estimate of drug-likeness (QED) is 0.0673. The topological polar surface area (TPSA) is 298 Å². The number of hydrogen-bond donors (Lipinski definition) is 3. The number of aromatic nitrogens is 12. The summed E-state index contributed by atoms with van der Waals surface area (Å²) in [7, 11) is 2.77. The first-order chi connectivity index (χ1) is 52.6. The van der Waals surface area contributed by atoms with Gasteiger partial charge in [0, 0.05) is 101 Å². The number of likely N-dealkylation sites (tertiary alicyclic amines) is 3. The first-order valence-electron chi connectivity index (χ1n) is 37.7. The molecule has 568 valence electrons. The molecule has 0 radical (unpaired) electrons. The molecule has 0 bridgehead atoms. The molecule has 6 N–H and O–H groups in total. The molecular formula is C80H97N23O5S. The summed E-state index contributed by atoms with van der Waals surface area (Å²) in [6.07, 6.45) is 21.3. The largest absolute Gasteiger partial charge is 0.433 e. The van der Waals surface area contributed by atoms with Crippen LogP contribution >= 0.6 is 0 Å². The van der Waals surface area contributed by atoms with Crippen molar-refractivity contribution in [2.45, 2.75) is 115 Å². The number of ether oxygens (including phenoxy) is 3. The second kappa shape index (κ2) is 31.4. The SMILES string of the molecule is CCN1CC(n2cc(Oc3nc(-c4cc(C)c5c(c4)CN(C)CC5)cnc3N)cn2)C1.CCN1CCC(N2CC(n3cc(Oc4nc(-c5cc(C)c6c(c5)CN(C)CC6)cnc4N)cn3)C2)CC1.[C-]#[N+]CC1(n2cc(Oc3nc(-c4cc(C)c5c(c4)CN(C)CC5)cnc3N)cn2)CN(S(=O)(=O)c2ccccc2)C1. The van der Waals surface area contributed by atoms with Gasteiger partial charge in [-0.25, -0.2) is 44.9 Å². The van der Waals surface area contributed by atoms with Crippen molar-refractivity contribution in [1.29, 1.82) is 0 Å². The van der Waals surface area contributed by atoms with Crippen LogP contribution in [0.5, 0.6) is 34.9 Å². The highest BCUT2D eigenvalue weighted by Crippen LogP contribution is 2.40. The van der Waals surface area contributed by atoms with Gasteiger partial charge in [0.05, 0.1) is 89.8 Å². The Hall–Kier alpha value is -10.3. The van der Waals surface area contributed by atoms with E-state index in [-0.39, 0.29) is 47.9 Å². The lowest BCUT2D eigenvalue weighted by atomic mass is 9.92. The summed E-state index contributed by atoms with van der Waals surface area (Å²) in [5, 5.41) is 13.5. The summed E-state index contributed by atoms with van der Waals surface area (Å²) in [6, 6.07) is 22.8. The van der Waals surface area contributed by atoms with E-state index < -0.39 is 15.6 Å². The summed E-state index contributed by atoms with van der Waals surface area (Å²) in [4.78, 5) is 45.5. The smallest absolute Gasteiger partial charge is 0.263 e. The van der Waals surface area contributed by atoms with Crippen LogP contribution in [-0.4, -0.2) is 220 Å². The lowest BCUT2D eigenvalue weighted by Crippen LogP contribution is -2.65. The highest BCUT2D eigenvalue weighted by molar-refractivity contribution is 7.89. The minimum Gasteiger partial charge on any atom is -0.433 e. The van der Waals surface area contributed by atoms with Crippen LogP contribution in [0.1, 0.15) is 88.8 Å². The third kappa shape index (κ3) is 16.0. The molecule has 0 unspecified atom stereocenters. The molecule has 13 heterocycles. The number of likely N-dealkylation sites (N-methyl/N-ethyl adjacent to an activating group) is 4. The molecule has 10 aromatic rings. The zero-order valence-electron chi connectivity index (χ0n) is 63.5. The number of aryl methyl sites for hydroxylation is 3. The Kier molecular flexibility index (Phi) is 21.3. The Morgan fingerprint density at radius 3 is 1.36 bits per heavy atom. The number of anilines is 3. The number of piperidine rings is 1. The van der Waals surface area contributed by atoms with E-state index in [9.17, 15) is 8.42 Å². The van der Waals surface area contributed by atoms with Crippen LogP contribution in [-0.2, 0) is 54.5 Å². The van der Waals surface area contributed by atoms with Crippen molar-refractivity contribution >= 4 is 27.5 Å². The molecule has 6 aromatic heterocycles. The van der Waals surface area contributed by atoms with Crippen molar-refractivity contribution < 1.29 is 22.6 Å². The van der Waals surface area contributed by atoms with E-state index in [2.05, 4.69) is 162 Å². The number of rotatable bonds is 18. The molecule has 4 aromatic carbocycles. The van der Waals surface area contributed by atoms with Crippen LogP contribution in [0.15, 0.2) is 127 Å². The molecule has 28 nitrogen and oxygen atoms in total. The Balaban J connectivity index is 0.000000131. The molecule has 29 heteroatoms. The molecular weight excluding hydrogens is 1400 g/mol. The van der Waals surface area contributed by atoms with Crippen molar-refractivity contribution in [3.05, 3.63) is 184 Å². The fourth-order valence-electron chi connectivity index (χ4n) is 16.0. The molecule has 0 saturated carbocycles. The molecule has 0 atom stereocenters. The summed E-state index contributed by atoms with van der Waals surface area (Å²) >= 11 is 0. The Morgan fingerprint density at radius 1 is 0.523 bits per heavy atom. The maximum atomic E-state index is 13.0. The number of fused-ring (bicyclic) bond motifs is 3. The van der Waals surface area contributed by atoms with E-state index in [1.54, 1.807) is 72.2 Å². The van der Waals surface area contributed by atoms with Gasteiger partial charge < -0.3 is 55.9 Å². The fraction of sp³-hybridized carbons (Fsp3) is 0.425. The van der Waals surface area contributed by atoms with Gasteiger partial charge in [0.2, 0.25) is 16.6 Å². The second-order valence-corrected chi connectivity index (χ2v) is 32.2. The summed E-state index contributed by atoms with van der Waals surface area (Å²) < 4.78 is 51.1. The van der Waals surface area contributed by atoms with Crippen LogP contribution in [0.2, 0.25) is 0 Å². The van der Waals surface area contributed by atoms with Gasteiger partial charge in [-0.15, -0.1) is 0 Å². The maximum Gasteiger partial charge on any atom is 0.263 e. The zero-order valence-corrected chi connectivity index (χ0v) is 64.3. The van der Waals surface area contributed by atoms with Crippen molar-refractivity contribution in [2.75, 3.05) is 130 Å². The lowest BCUT2D eigenvalue weighted by Gasteiger charge is -2.47. The van der Waals surface area contributed by atoms with Crippen molar-refractivity contribution in [2.24, 2.45) is 0 Å². The number of benzene rings is 4. The number of hydrogen-bond acceptors (Lipinski definition) is 23. The van der Waals surface area contributed by atoms with E-state index in [0.717, 1.165) is 126 Å². The van der Waals surface area contributed by atoms with Gasteiger partial charge in [0.1, 0.15) is 0 Å². The van der Waals surface area contributed by atoms with Gasteiger partial charge in [-0.3, -0.25) is 23.8 Å². The molecule has 109 heavy (non-hydrogen) atoms. The van der Waals surface area contributed by atoms with E-state index in [1.807, 2.05) is 21.8 Å². The third-order valence-corrected chi connectivity index (χ3v) is 24.3. The molecule has 0 spiro atoms. The predicted molar refractivity (Wildman–Crippen MR) is 418 cm³/mol. The first-order valence-corrected chi connectivity index (χ1v) is 39.1. The normalized spacial score (nSPS) is 18.1. The predicted octanol–water partition coefficient (Wildman–Crippen LogP) is 9.57. The minimum atomic E-state index is -3.67. The van der Waals surface area contributed by atoms with Crippen LogP contribution in [0.25, 0.3) is 38.6 Å². The van der Waals surface area contributed by atoms with Crippen LogP contribution in [0.3, 0.4) is 0 Å². The van der Waals surface area contributed by atoms with E-state index in [1.165, 1.54) is 86.5 Å². The van der Waals surface area contributed by atoms with Crippen LogP contribution in [0, 0.1) is 27.3 Å². The Morgan fingerprint density at radius 2 is 0.936 bits per heavy atom. The highest BCUT2D eigenvalue weighted by atomic mass is 32.2. The van der Waals surface area contributed by atoms with Gasteiger partial charge in [-0.05, 0) is 199 Å². The highest BCUT2D eigenvalue weighted by Gasteiger charge is 2.53. The number of nitrogens with zero attached hydrogens (tertiary/aromatic N) is 20. The number of nitrogens with two attached hydrogens (primary N) is 3. The van der Waals surface area contributed by atoms with E-state index in [4.69, 9.17) is 48.0 Å². The van der Waals surface area contributed by atoms with Gasteiger partial charge in [-0.2, -0.15) is 19.6 Å². The van der Waals surface area contributed by atoms with E-state index >= 15 is 0 Å². The summed E-state index contributed by atoms with van der Waals surface area (Å²) in [5.41, 5.74) is 34.8. The fourth-order valence-corrected chi connectivity index (χ4v) is 17.6.